The van der Waals surface area contributed by atoms with Crippen molar-refractivity contribution in [3.63, 3.8) is 0 Å². The van der Waals surface area contributed by atoms with E-state index in [0.29, 0.717) is 0 Å². The molecule has 0 aliphatic heterocycles. The molecule has 0 saturated carbocycles. The molecule has 0 fully saturated rings. The van der Waals surface area contributed by atoms with Gasteiger partial charge in [-0.25, -0.2) is 9.97 Å². The summed E-state index contributed by atoms with van der Waals surface area (Å²) in [5, 5.41) is 35.7. The lowest BCUT2D eigenvalue weighted by molar-refractivity contribution is 1.09. The highest BCUT2D eigenvalue weighted by Crippen LogP contribution is 2.56. The number of hydrogen-bond donors (Lipinski definition) is 0. The van der Waals surface area contributed by atoms with Crippen LogP contribution >= 0.6 is 0 Å². The second-order valence-electron chi connectivity index (χ2n) is 37.3. The fraction of sp³-hybridized carbons (Fsp3) is 0. The Labute approximate surface area is 781 Å². The number of nitrogens with zero attached hydrogens (tertiary/aromatic N) is 13. The van der Waals surface area contributed by atoms with Gasteiger partial charge in [-0.1, -0.05) is 243 Å². The summed E-state index contributed by atoms with van der Waals surface area (Å²) in [6.07, 6.45) is 3.60. The van der Waals surface area contributed by atoms with Gasteiger partial charge >= 0.3 is 5.95 Å². The summed E-state index contributed by atoms with van der Waals surface area (Å²) in [5.41, 5.74) is 31.6. The molecule has 0 N–H and O–H groups in total. The van der Waals surface area contributed by atoms with Crippen LogP contribution in [-0.2, 0) is 0 Å². The molecule has 13 nitrogen and oxygen atoms in total. The summed E-state index contributed by atoms with van der Waals surface area (Å²) in [7, 11) is 0. The van der Waals surface area contributed by atoms with Crippen LogP contribution < -0.4 is 0 Å². The van der Waals surface area contributed by atoms with Crippen molar-refractivity contribution in [2.75, 3.05) is 0 Å². The second-order valence-corrected chi connectivity index (χ2v) is 37.3. The Morgan fingerprint density at radius 1 is 0.196 bits per heavy atom. The largest absolute Gasteiger partial charge is 0.394 e. The Hall–Kier alpha value is -19.0. The van der Waals surface area contributed by atoms with E-state index >= 15 is 0 Å². The first-order chi connectivity index (χ1) is 68.5. The zero-order valence-corrected chi connectivity index (χ0v) is 73.3. The van der Waals surface area contributed by atoms with Crippen LogP contribution in [0.2, 0.25) is 0 Å². The fourth-order valence-corrected chi connectivity index (χ4v) is 25.1. The molecule has 0 unspecified atom stereocenters. The topological polar surface area (TPSA) is 110 Å². The van der Waals surface area contributed by atoms with Gasteiger partial charge in [-0.05, 0) is 172 Å². The van der Waals surface area contributed by atoms with Crippen molar-refractivity contribution in [1.82, 2.24) is 56.8 Å². The molecule has 12 heterocycles. The first kappa shape index (κ1) is 72.6. The van der Waals surface area contributed by atoms with Crippen LogP contribution in [0, 0.1) is 6.57 Å². The molecular formula is C125H65N13. The number of rotatable bonds is 3. The number of para-hydroxylation sites is 9. The monoisotopic (exact) mass is 1750 g/mol. The first-order valence-electron chi connectivity index (χ1n) is 46.9. The Balaban J connectivity index is 0.0000000928. The van der Waals surface area contributed by atoms with Gasteiger partial charge < -0.3 is 27.2 Å². The highest BCUT2D eigenvalue weighted by atomic mass is 15.1. The lowest BCUT2D eigenvalue weighted by Crippen LogP contribution is -2.00. The standard InChI is InChI=1S/C46H24N4.C42H22N4.C37H19N5/c1-2-11-26-23-40-32(22-25(26)10-1)34-24-33-27-12-3-7-18-37(27)49-38-19-8-4-13-29(38)42(45(33)49)46(34)50(40)39-21-20-31-41-28(39)14-9-15-30(41)43-44(31)48-36-17-6-5-16-35(36)47-43;1-2-9-24-21-36-30(20-23(24)8-1)32-22-31-25-10-3-5-14-33(25)45-34-15-6-4-11-27(34)38(41(31)45)42(32)46(36)35-17-16-29-37-26(35)12-7-13-28(37)39-40(29)44-19-18-43-39;1-38-37-39-29-15-7-4-13-24(29)36(40-37)42-32-19-22-11-3-2-10-21(22)18-26(32)28-20-27-23-12-5-8-16-30(23)41-31-17-9-6-14-25(31)33(34(27)41)35(28)42/h1-24H;1-22H;2-20H. The van der Waals surface area contributed by atoms with E-state index in [1.165, 1.54) is 223 Å². The van der Waals surface area contributed by atoms with Gasteiger partial charge in [0.1, 0.15) is 5.52 Å². The SMILES string of the molecule is [C-]#[N+]c1nc(-n2c3cc4ccccc4cc3c3cc4c5ccccc5n5c6ccccc6c(c32)c45)c2ccccc2n1.c1ccc2cc3c(cc2c1)c1cc2c4ccccc4n4c5ccccc5c(c1n3-c1ccc3c5c(cccc15)-c1nc5ccccc5nc1-3)c24.c1ccc2cc3c(cc2c1)c1cc2c4ccccc4n4c5ccccc5c(c1n3-c1ccc3c5c(cccc15)-c1nccnc1-3)c24. The summed E-state index contributed by atoms with van der Waals surface area (Å²) in [4.78, 5) is 33.0. The summed E-state index contributed by atoms with van der Waals surface area (Å²) in [5.74, 6) is 0.871. The van der Waals surface area contributed by atoms with Gasteiger partial charge in [0.15, 0.2) is 0 Å². The van der Waals surface area contributed by atoms with E-state index in [4.69, 9.17) is 31.5 Å². The van der Waals surface area contributed by atoms with Gasteiger partial charge in [0.05, 0.1) is 133 Å². The molecule has 33 aromatic rings. The highest BCUT2D eigenvalue weighted by molar-refractivity contribution is 6.39. The number of benzene rings is 21. The van der Waals surface area contributed by atoms with Gasteiger partial charge in [-0.2, -0.15) is 0 Å². The smallest absolute Gasteiger partial charge is 0.374 e. The predicted octanol–water partition coefficient (Wildman–Crippen LogP) is 32.1. The predicted molar refractivity (Wildman–Crippen MR) is 571 cm³/mol. The normalized spacial score (nSPS) is 12.6. The third-order valence-electron chi connectivity index (χ3n) is 30.6. The van der Waals surface area contributed by atoms with Crippen LogP contribution in [0.25, 0.3) is 323 Å². The Morgan fingerprint density at radius 3 is 0.906 bits per heavy atom. The average molecular weight is 1750 g/mol. The van der Waals surface area contributed by atoms with E-state index < -0.39 is 0 Å². The molecule has 0 amide bonds. The zero-order valence-electron chi connectivity index (χ0n) is 73.3. The minimum atomic E-state index is 0.145. The maximum Gasteiger partial charge on any atom is 0.374 e. The van der Waals surface area contributed by atoms with E-state index in [-0.39, 0.29) is 5.95 Å². The lowest BCUT2D eigenvalue weighted by Gasteiger charge is -2.14. The van der Waals surface area contributed by atoms with Crippen molar-refractivity contribution in [1.29, 1.82) is 0 Å². The van der Waals surface area contributed by atoms with E-state index in [9.17, 15) is 0 Å². The number of aromatic nitrogens is 12. The molecular weight excluding hydrogens is 1680 g/mol. The minimum absolute atomic E-state index is 0.145. The fourth-order valence-electron chi connectivity index (χ4n) is 25.1. The molecule has 35 rings (SSSR count). The van der Waals surface area contributed by atoms with E-state index in [0.717, 1.165) is 94.6 Å². The van der Waals surface area contributed by atoms with Crippen molar-refractivity contribution < 1.29 is 0 Å². The van der Waals surface area contributed by atoms with Crippen LogP contribution in [0.15, 0.2) is 395 Å². The third-order valence-corrected chi connectivity index (χ3v) is 30.6. The molecule has 0 saturated heterocycles. The van der Waals surface area contributed by atoms with E-state index in [2.05, 4.69) is 389 Å². The molecule has 2 aliphatic rings. The molecule has 12 aromatic heterocycles. The molecule has 2 aliphatic carbocycles. The summed E-state index contributed by atoms with van der Waals surface area (Å²) >= 11 is 0. The molecule has 0 atom stereocenters. The third kappa shape index (κ3) is 9.22. The molecule has 0 bridgehead atoms. The van der Waals surface area contributed by atoms with Crippen LogP contribution in [0.1, 0.15) is 0 Å². The maximum atomic E-state index is 7.82. The van der Waals surface area contributed by atoms with Crippen molar-refractivity contribution in [3.8, 4) is 62.2 Å². The van der Waals surface area contributed by atoms with Gasteiger partial charge in [-0.15, -0.1) is 16.5 Å². The Morgan fingerprint density at radius 2 is 0.500 bits per heavy atom. The van der Waals surface area contributed by atoms with Crippen molar-refractivity contribution in [2.24, 2.45) is 0 Å². The average Bonchev–Trinajstić information content (AvgIpc) is 1.52. The number of fused-ring (bicyclic) bond motifs is 41. The van der Waals surface area contributed by atoms with Crippen LogP contribution in [0.4, 0.5) is 5.95 Å². The lowest BCUT2D eigenvalue weighted by atomic mass is 10.0. The Bertz CT molecular complexity index is 11400. The molecule has 0 spiro atoms. The second kappa shape index (κ2) is 26.2. The molecule has 630 valence electrons. The van der Waals surface area contributed by atoms with Crippen molar-refractivity contribution in [3.05, 3.63) is 406 Å². The summed E-state index contributed by atoms with van der Waals surface area (Å²) < 4.78 is 14.8. The molecule has 21 aromatic carbocycles. The van der Waals surface area contributed by atoms with Crippen molar-refractivity contribution >= 4 is 261 Å². The minimum Gasteiger partial charge on any atom is -0.394 e. The van der Waals surface area contributed by atoms with E-state index in [1.807, 2.05) is 30.3 Å². The first-order valence-corrected chi connectivity index (χ1v) is 46.9. The van der Waals surface area contributed by atoms with E-state index in [1.54, 1.807) is 12.4 Å². The zero-order chi connectivity index (χ0) is 89.4. The quantitative estimate of drug-likeness (QED) is 0.163. The molecule has 13 heteroatoms. The molecule has 138 heavy (non-hydrogen) atoms. The summed E-state index contributed by atoms with van der Waals surface area (Å²) in [6, 6.07) is 139. The summed E-state index contributed by atoms with van der Waals surface area (Å²) in [6.45, 7) is 7.82. The van der Waals surface area contributed by atoms with Gasteiger partial charge in [0, 0.05) is 153 Å². The van der Waals surface area contributed by atoms with Crippen LogP contribution in [0.5, 0.6) is 0 Å². The highest BCUT2D eigenvalue weighted by Gasteiger charge is 2.35. The maximum absolute atomic E-state index is 7.82. The van der Waals surface area contributed by atoms with Gasteiger partial charge in [0.2, 0.25) is 5.82 Å². The Kier molecular flexibility index (Phi) is 13.8. The molecule has 0 radical (unpaired) electrons. The van der Waals surface area contributed by atoms with Gasteiger partial charge in [-0.3, -0.25) is 14.5 Å². The van der Waals surface area contributed by atoms with Crippen molar-refractivity contribution in [2.45, 2.75) is 0 Å². The van der Waals surface area contributed by atoms with Crippen LogP contribution in [-0.4, -0.2) is 56.8 Å². The number of hydrogen-bond acceptors (Lipinski definition) is 6. The van der Waals surface area contributed by atoms with Gasteiger partial charge in [0.25, 0.3) is 0 Å². The van der Waals surface area contributed by atoms with Crippen LogP contribution in [0.3, 0.4) is 0 Å².